The van der Waals surface area contributed by atoms with Crippen molar-refractivity contribution in [1.29, 1.82) is 0 Å². The van der Waals surface area contributed by atoms with E-state index in [1.165, 1.54) is 6.07 Å². The zero-order valence-electron chi connectivity index (χ0n) is 20.7. The number of hydrogen-bond donors (Lipinski definition) is 2. The fourth-order valence-electron chi connectivity index (χ4n) is 4.45. The third kappa shape index (κ3) is 6.05. The first-order chi connectivity index (χ1) is 18.7. The Balaban J connectivity index is 1.28. The average Bonchev–Trinajstić information content (AvgIpc) is 3.33. The summed E-state index contributed by atoms with van der Waals surface area (Å²) >= 11 is 15.1. The Bertz CT molecular complexity index is 1600. The summed E-state index contributed by atoms with van der Waals surface area (Å²) in [5, 5.41) is 17.9. The second kappa shape index (κ2) is 11.3. The molecule has 0 spiro atoms. The van der Waals surface area contributed by atoms with Crippen molar-refractivity contribution in [1.82, 2.24) is 10.3 Å². The van der Waals surface area contributed by atoms with Crippen LogP contribution in [0, 0.1) is 16.0 Å². The highest BCUT2D eigenvalue weighted by Crippen LogP contribution is 2.34. The first-order valence-corrected chi connectivity index (χ1v) is 13.8. The van der Waals surface area contributed by atoms with Gasteiger partial charge in [-0.1, -0.05) is 34.5 Å². The number of carbonyl (C=O) groups is 1. The van der Waals surface area contributed by atoms with Crippen LogP contribution in [0.25, 0.3) is 22.6 Å². The first kappa shape index (κ1) is 27.0. The minimum atomic E-state index is -0.552. The van der Waals surface area contributed by atoms with Crippen LogP contribution in [0.3, 0.4) is 0 Å². The van der Waals surface area contributed by atoms with Crippen molar-refractivity contribution in [3.63, 3.8) is 0 Å². The minimum Gasteiger partial charge on any atom is -0.436 e. The molecule has 200 valence electrons. The molecule has 1 fully saturated rings. The highest BCUT2D eigenvalue weighted by molar-refractivity contribution is 9.10. The number of nitrogens with one attached hydrogen (secondary N) is 2. The number of carbonyl (C=O) groups excluding carboxylic acids is 1. The average molecular weight is 629 g/mol. The van der Waals surface area contributed by atoms with Gasteiger partial charge in [0.2, 0.25) is 5.89 Å². The predicted octanol–water partition coefficient (Wildman–Crippen LogP) is 7.18. The van der Waals surface area contributed by atoms with Crippen LogP contribution in [-0.4, -0.2) is 34.0 Å². The highest BCUT2D eigenvalue weighted by atomic mass is 79.9. The van der Waals surface area contributed by atoms with Gasteiger partial charge < -0.3 is 14.6 Å². The second-order valence-corrected chi connectivity index (χ2v) is 11.1. The van der Waals surface area contributed by atoms with Gasteiger partial charge in [-0.05, 0) is 79.5 Å². The summed E-state index contributed by atoms with van der Waals surface area (Å²) < 4.78 is 6.70. The molecule has 4 aromatic rings. The van der Waals surface area contributed by atoms with Gasteiger partial charge in [-0.25, -0.2) is 4.98 Å². The molecule has 0 saturated carbocycles. The van der Waals surface area contributed by atoms with E-state index in [2.05, 4.69) is 38.5 Å². The number of halogens is 2. The van der Waals surface area contributed by atoms with E-state index in [1.807, 2.05) is 17.0 Å². The molecule has 1 aliphatic heterocycles. The van der Waals surface area contributed by atoms with Gasteiger partial charge in [-0.2, -0.15) is 0 Å². The Kier molecular flexibility index (Phi) is 7.83. The number of nitro groups is 1. The number of anilines is 2. The molecule has 2 heterocycles. The summed E-state index contributed by atoms with van der Waals surface area (Å²) in [6, 6.07) is 15.1. The molecule has 3 aromatic carbocycles. The summed E-state index contributed by atoms with van der Waals surface area (Å²) in [4.78, 5) is 30.7. The maximum atomic E-state index is 12.9. The van der Waals surface area contributed by atoms with Crippen molar-refractivity contribution in [2.45, 2.75) is 19.8 Å². The molecule has 0 aliphatic carbocycles. The summed E-state index contributed by atoms with van der Waals surface area (Å²) in [7, 11) is 0. The van der Waals surface area contributed by atoms with Crippen LogP contribution >= 0.6 is 39.7 Å². The summed E-state index contributed by atoms with van der Waals surface area (Å²) in [5.74, 6) is 0.410. The maximum absolute atomic E-state index is 12.9. The summed E-state index contributed by atoms with van der Waals surface area (Å²) in [6.45, 7) is 3.67. The van der Waals surface area contributed by atoms with E-state index in [0.717, 1.165) is 30.4 Å². The molecule has 0 unspecified atom stereocenters. The number of thiocarbonyl (C=S) groups is 1. The Labute approximate surface area is 242 Å². The lowest BCUT2D eigenvalue weighted by Gasteiger charge is -2.31. The lowest BCUT2D eigenvalue weighted by atomic mass is 9.98. The van der Waals surface area contributed by atoms with E-state index in [-0.39, 0.29) is 16.4 Å². The number of benzene rings is 3. The van der Waals surface area contributed by atoms with E-state index in [0.29, 0.717) is 44.9 Å². The van der Waals surface area contributed by atoms with Crippen LogP contribution in [0.2, 0.25) is 5.02 Å². The number of fused-ring (bicyclic) bond motifs is 1. The van der Waals surface area contributed by atoms with Gasteiger partial charge >= 0.3 is 0 Å². The number of amides is 1. The van der Waals surface area contributed by atoms with E-state index < -0.39 is 10.8 Å². The molecule has 1 saturated heterocycles. The lowest BCUT2D eigenvalue weighted by Crippen LogP contribution is -2.35. The quantitative estimate of drug-likeness (QED) is 0.136. The number of hydrogen-bond acceptors (Lipinski definition) is 7. The van der Waals surface area contributed by atoms with Crippen molar-refractivity contribution in [2.75, 3.05) is 23.3 Å². The van der Waals surface area contributed by atoms with Crippen LogP contribution in [-0.2, 0) is 0 Å². The molecular formula is C27H23BrClN5O4S. The highest BCUT2D eigenvalue weighted by Gasteiger charge is 2.25. The maximum Gasteiger partial charge on any atom is 0.293 e. The molecule has 2 N–H and O–H groups in total. The number of oxazole rings is 1. The minimum absolute atomic E-state index is 0.0369. The smallest absolute Gasteiger partial charge is 0.293 e. The van der Waals surface area contributed by atoms with Gasteiger partial charge in [0.1, 0.15) is 11.2 Å². The Hall–Kier alpha value is -3.54. The van der Waals surface area contributed by atoms with Gasteiger partial charge in [-0.3, -0.25) is 20.2 Å². The molecule has 0 radical (unpaired) electrons. The monoisotopic (exact) mass is 627 g/mol. The van der Waals surface area contributed by atoms with Crippen LogP contribution in [0.1, 0.15) is 30.1 Å². The van der Waals surface area contributed by atoms with Gasteiger partial charge in [0.15, 0.2) is 10.7 Å². The normalized spacial score (nSPS) is 13.9. The summed E-state index contributed by atoms with van der Waals surface area (Å²) in [5.41, 5.74) is 2.91. The van der Waals surface area contributed by atoms with Crippen molar-refractivity contribution in [2.24, 2.45) is 5.92 Å². The number of nitro benzene ring substituents is 1. The SMILES string of the molecule is CC1CCN(c2ccc(C(=O)NC(=S)Nc3ccc4oc(-c5cc(Br)ccc5Cl)nc4c3)cc2[N+](=O)[O-])CC1. The Morgan fingerprint density at radius 1 is 1.18 bits per heavy atom. The van der Waals surface area contributed by atoms with Crippen LogP contribution < -0.4 is 15.5 Å². The zero-order valence-corrected chi connectivity index (χ0v) is 23.9. The number of nitrogens with zero attached hydrogens (tertiary/aromatic N) is 3. The number of rotatable bonds is 5. The molecule has 39 heavy (non-hydrogen) atoms. The van der Waals surface area contributed by atoms with Gasteiger partial charge in [0.05, 0.1) is 15.5 Å². The fourth-order valence-corrected chi connectivity index (χ4v) is 5.22. The van der Waals surface area contributed by atoms with E-state index in [4.69, 9.17) is 28.2 Å². The molecule has 0 bridgehead atoms. The van der Waals surface area contributed by atoms with E-state index in [9.17, 15) is 14.9 Å². The topological polar surface area (TPSA) is 114 Å². The van der Waals surface area contributed by atoms with E-state index in [1.54, 1.807) is 36.4 Å². The molecule has 1 aromatic heterocycles. The van der Waals surface area contributed by atoms with Crippen LogP contribution in [0.4, 0.5) is 17.1 Å². The third-order valence-electron chi connectivity index (χ3n) is 6.59. The van der Waals surface area contributed by atoms with Crippen molar-refractivity contribution < 1.29 is 14.1 Å². The molecule has 9 nitrogen and oxygen atoms in total. The third-order valence-corrected chi connectivity index (χ3v) is 7.62. The van der Waals surface area contributed by atoms with Crippen molar-refractivity contribution in [3.05, 3.63) is 79.8 Å². The van der Waals surface area contributed by atoms with Gasteiger partial charge in [0, 0.05) is 34.9 Å². The number of aromatic nitrogens is 1. The predicted molar refractivity (Wildman–Crippen MR) is 160 cm³/mol. The Morgan fingerprint density at radius 3 is 2.69 bits per heavy atom. The van der Waals surface area contributed by atoms with Gasteiger partial charge in [0.25, 0.3) is 11.6 Å². The van der Waals surface area contributed by atoms with Gasteiger partial charge in [-0.15, -0.1) is 0 Å². The standard InChI is InChI=1S/C27H23BrClN5O4S/c1-15-8-10-33(11-9-15)22-6-2-16(12-23(22)34(36)37)25(35)32-27(39)30-18-4-7-24-21(14-18)31-26(38-24)19-13-17(28)3-5-20(19)29/h2-7,12-15H,8-11H2,1H3,(H2,30,32,35,39). The molecule has 1 amide bonds. The van der Waals surface area contributed by atoms with Crippen molar-refractivity contribution >= 4 is 78.9 Å². The largest absolute Gasteiger partial charge is 0.436 e. The fraction of sp³-hybridized carbons (Fsp3) is 0.222. The molecule has 1 aliphatic rings. The molecule has 0 atom stereocenters. The summed E-state index contributed by atoms with van der Waals surface area (Å²) in [6.07, 6.45) is 1.94. The molecule has 5 rings (SSSR count). The van der Waals surface area contributed by atoms with E-state index >= 15 is 0 Å². The molecule has 12 heteroatoms. The number of piperidine rings is 1. The van der Waals surface area contributed by atoms with Crippen LogP contribution in [0.5, 0.6) is 0 Å². The zero-order chi connectivity index (χ0) is 27.7. The second-order valence-electron chi connectivity index (χ2n) is 9.36. The lowest BCUT2D eigenvalue weighted by molar-refractivity contribution is -0.384. The Morgan fingerprint density at radius 2 is 1.95 bits per heavy atom. The van der Waals surface area contributed by atoms with Crippen molar-refractivity contribution in [3.8, 4) is 11.5 Å². The molecular weight excluding hydrogens is 606 g/mol. The van der Waals surface area contributed by atoms with Crippen LogP contribution in [0.15, 0.2) is 63.5 Å². The first-order valence-electron chi connectivity index (χ1n) is 12.2.